The number of hydrogen-bond acceptors (Lipinski definition) is 22. The highest BCUT2D eigenvalue weighted by Crippen LogP contribution is 2.21. The molecular weight excluding hydrogens is 1640 g/mol. The van der Waals surface area contributed by atoms with Gasteiger partial charge >= 0.3 is 0 Å². The number of nitrogens with one attached hydrogen (secondary N) is 15. The molecule has 708 valence electrons. The summed E-state index contributed by atoms with van der Waals surface area (Å²) in [6.07, 6.45) is 2.59. The number of benzene rings is 2. The maximum absolute atomic E-state index is 14.7. The molecule has 2 aromatic carbocycles. The highest BCUT2D eigenvalue weighted by atomic mass is 16.2. The fourth-order valence-corrected chi connectivity index (χ4v) is 13.7. The van der Waals surface area contributed by atoms with E-state index in [1.807, 2.05) is 38.1 Å². The van der Waals surface area contributed by atoms with Gasteiger partial charge in [0.15, 0.2) is 5.96 Å². The molecule has 1 aromatic heterocycles. The summed E-state index contributed by atoms with van der Waals surface area (Å²) >= 11 is 0. The Labute approximate surface area is 742 Å². The number of fused-ring (bicyclic) bond motifs is 1. The Hall–Kier alpha value is -11.9. The molecule has 0 unspecified atom stereocenters. The van der Waals surface area contributed by atoms with Crippen molar-refractivity contribution in [1.82, 2.24) is 79.4 Å². The molecule has 0 saturated carbocycles. The van der Waals surface area contributed by atoms with E-state index in [9.17, 15) is 81.5 Å². The second kappa shape index (κ2) is 57.6. The van der Waals surface area contributed by atoms with E-state index in [1.165, 1.54) is 0 Å². The maximum Gasteiger partial charge on any atom is 0.243 e. The van der Waals surface area contributed by atoms with Crippen LogP contribution in [0.15, 0.2) is 65.8 Å². The Morgan fingerprint density at radius 1 is 0.354 bits per heavy atom. The van der Waals surface area contributed by atoms with Crippen molar-refractivity contribution in [2.45, 2.75) is 270 Å². The number of unbranched alkanes of at least 4 members (excludes halogenated alkanes) is 3. The van der Waals surface area contributed by atoms with Crippen LogP contribution in [0.4, 0.5) is 0 Å². The minimum atomic E-state index is -1.82. The molecule has 13 atom stereocenters. The van der Waals surface area contributed by atoms with Crippen molar-refractivity contribution in [3.05, 3.63) is 71.9 Å². The molecule has 1 heterocycles. The predicted molar refractivity (Wildman–Crippen MR) is 477 cm³/mol. The largest absolute Gasteiger partial charge is 0.370 e. The van der Waals surface area contributed by atoms with Gasteiger partial charge in [0.25, 0.3) is 0 Å². The van der Waals surface area contributed by atoms with E-state index in [0.717, 1.165) is 10.9 Å². The number of carbonyl (C=O) groups excluding carboxylic acids is 17. The summed E-state index contributed by atoms with van der Waals surface area (Å²) in [5.41, 5.74) is 53.5. The number of aromatic nitrogens is 1. The van der Waals surface area contributed by atoms with Crippen molar-refractivity contribution in [3.63, 3.8) is 0 Å². The van der Waals surface area contributed by atoms with E-state index in [-0.39, 0.29) is 120 Å². The number of nitrogens with two attached hydrogens (primary N) is 9. The molecular formula is C85H141N25O17. The molecule has 17 amide bonds. The van der Waals surface area contributed by atoms with E-state index in [0.29, 0.717) is 56.2 Å². The molecule has 0 aliphatic rings. The first kappa shape index (κ1) is 109. The minimum absolute atomic E-state index is 0.00304. The van der Waals surface area contributed by atoms with Gasteiger partial charge in [0.05, 0.1) is 32.0 Å². The molecule has 0 radical (unpaired) electrons. The number of carbonyl (C=O) groups is 17. The van der Waals surface area contributed by atoms with Crippen LogP contribution >= 0.6 is 0 Å². The van der Waals surface area contributed by atoms with E-state index in [4.69, 9.17) is 51.6 Å². The number of amides is 17. The Kier molecular flexibility index (Phi) is 49.6. The van der Waals surface area contributed by atoms with Crippen molar-refractivity contribution in [1.29, 1.82) is 0 Å². The number of nitrogens with zero attached hydrogens (tertiary/aromatic N) is 1. The predicted octanol–water partition coefficient (Wildman–Crippen LogP) is -4.15. The van der Waals surface area contributed by atoms with E-state index < -0.39 is 211 Å². The third kappa shape index (κ3) is 42.3. The standard InChI is InChI=1S/C85H141N25O17/c1-46(2)35-59(72(92)115)102-84(127)71(50(9)10)110-83(126)62(38-49(7)8)106-79(122)61(37-48(5)6)105-82(125)66(42-68(91)112)109-77(120)57(30-22-34-95-85(93)94)100-70(114)45-98-75(118)65(41-67(90)111)108-76(119)56(28-17-20-32-87)99-69(113)44-97-74(117)63(39-51-23-12-11-13-24-51)107-80(123)60(36-47(3)4)104-78(121)58(29-18-21-33-88)101-81(124)64(103-73(116)54(89)26-16-19-31-86)40-52-43-96-55-27-15-14-25-53(52)55/h11-15,23-25,27,43,46-50,54,56-66,71,96H,16-22,26,28-42,44-45,86-89H2,1-10H3,(H2,90,111)(H2,91,112)(H2,92,115)(H,97,117)(H,98,118)(H,99,113)(H,100,114)(H,101,124)(H,102,127)(H,103,116)(H,104,121)(H,105,125)(H,106,122)(H,107,123)(H,108,119)(H,109,120)(H,110,126)(H4,93,94,95)/t54-,56-,57-,58-,59-,60-,61-,62-,63-,64-,65-,66-,71-/m0/s1. The molecule has 3 rings (SSSR count). The molecule has 0 spiro atoms. The summed E-state index contributed by atoms with van der Waals surface area (Å²) in [6.45, 7) is 16.5. The summed E-state index contributed by atoms with van der Waals surface area (Å²) in [6, 6.07) is -2.04. The summed E-state index contributed by atoms with van der Waals surface area (Å²) in [5, 5.41) is 37.0. The topological polar surface area (TPSA) is 721 Å². The fourth-order valence-electron chi connectivity index (χ4n) is 13.7. The van der Waals surface area contributed by atoms with E-state index in [2.05, 4.69) is 84.4 Å². The number of hydrogen-bond donors (Lipinski definition) is 24. The number of para-hydroxylation sites is 1. The molecule has 0 aliphatic carbocycles. The van der Waals surface area contributed by atoms with Gasteiger partial charge in [-0.2, -0.15) is 0 Å². The molecule has 42 heteroatoms. The van der Waals surface area contributed by atoms with Crippen molar-refractivity contribution in [2.75, 3.05) is 39.3 Å². The van der Waals surface area contributed by atoms with Crippen LogP contribution < -0.4 is 126 Å². The lowest BCUT2D eigenvalue weighted by atomic mass is 9.97. The quantitative estimate of drug-likeness (QED) is 0.0145. The van der Waals surface area contributed by atoms with Crippen LogP contribution in [0.25, 0.3) is 10.9 Å². The van der Waals surface area contributed by atoms with E-state index in [1.54, 1.807) is 91.9 Å². The van der Waals surface area contributed by atoms with Crippen LogP contribution in [0.1, 0.15) is 190 Å². The van der Waals surface area contributed by atoms with Gasteiger partial charge < -0.3 is 131 Å². The van der Waals surface area contributed by atoms with Gasteiger partial charge in [0.2, 0.25) is 100 Å². The third-order valence-corrected chi connectivity index (χ3v) is 20.3. The first-order valence-electron chi connectivity index (χ1n) is 43.5. The first-order chi connectivity index (χ1) is 60.0. The second-order valence-electron chi connectivity index (χ2n) is 33.9. The Morgan fingerprint density at radius 3 is 1.16 bits per heavy atom. The van der Waals surface area contributed by atoms with E-state index >= 15 is 0 Å². The second-order valence-corrected chi connectivity index (χ2v) is 33.9. The molecule has 3 aromatic rings. The van der Waals surface area contributed by atoms with Crippen LogP contribution in [-0.4, -0.2) is 229 Å². The Bertz CT molecular complexity index is 4140. The van der Waals surface area contributed by atoms with Crippen LogP contribution in [0.5, 0.6) is 0 Å². The summed E-state index contributed by atoms with van der Waals surface area (Å²) in [4.78, 5) is 243. The first-order valence-corrected chi connectivity index (χ1v) is 43.5. The number of primary amides is 3. The Balaban J connectivity index is 1.87. The third-order valence-electron chi connectivity index (χ3n) is 20.3. The molecule has 0 bridgehead atoms. The summed E-state index contributed by atoms with van der Waals surface area (Å²) in [5.74, 6) is -17.2. The zero-order chi connectivity index (χ0) is 95.2. The average Bonchev–Trinajstić information content (AvgIpc) is 1.72. The van der Waals surface area contributed by atoms with Gasteiger partial charge in [0, 0.05) is 36.5 Å². The van der Waals surface area contributed by atoms with Gasteiger partial charge in [-0.05, 0) is 156 Å². The number of aromatic amines is 1. The number of aliphatic imine (C=N–C) groups is 1. The van der Waals surface area contributed by atoms with Crippen LogP contribution in [0.2, 0.25) is 0 Å². The monoisotopic (exact) mass is 1780 g/mol. The molecule has 42 nitrogen and oxygen atoms in total. The van der Waals surface area contributed by atoms with Crippen molar-refractivity contribution < 1.29 is 81.5 Å². The zero-order valence-corrected chi connectivity index (χ0v) is 74.9. The smallest absolute Gasteiger partial charge is 0.243 e. The number of rotatable bonds is 62. The lowest BCUT2D eigenvalue weighted by Crippen LogP contribution is -2.61. The zero-order valence-electron chi connectivity index (χ0n) is 74.9. The van der Waals surface area contributed by atoms with Gasteiger partial charge in [-0.25, -0.2) is 0 Å². The molecule has 0 fully saturated rings. The van der Waals surface area contributed by atoms with Crippen molar-refractivity contribution >= 4 is 117 Å². The van der Waals surface area contributed by atoms with Gasteiger partial charge in [-0.1, -0.05) is 124 Å². The van der Waals surface area contributed by atoms with Gasteiger partial charge in [0.1, 0.15) is 72.5 Å². The highest BCUT2D eigenvalue weighted by Gasteiger charge is 2.39. The molecule has 127 heavy (non-hydrogen) atoms. The SMILES string of the molecule is CC(C)C[C@H](NC(=O)[C@@H](NC(=O)[C@H](CC(C)C)NC(=O)[C@H](CC(C)C)NC(=O)[C@H](CC(N)=O)NC(=O)[C@H](CCCN=C(N)N)NC(=O)CNC(=O)[C@H](CC(N)=O)NC(=O)[C@H](CCCCN)NC(=O)CNC(=O)[C@H](Cc1ccccc1)NC(=O)[C@H](CC(C)C)NC(=O)[C@H](CCCCN)NC(=O)[C@H](Cc1c[nH]c2ccccc12)NC(=O)[C@@H](N)CCCCN)C(C)C)C(N)=O. The van der Waals surface area contributed by atoms with Gasteiger partial charge in [-0.15, -0.1) is 0 Å². The molecule has 0 saturated heterocycles. The van der Waals surface area contributed by atoms with Crippen molar-refractivity contribution in [3.8, 4) is 0 Å². The maximum atomic E-state index is 14.7. The van der Waals surface area contributed by atoms with Crippen molar-refractivity contribution in [2.24, 2.45) is 86.2 Å². The lowest BCUT2D eigenvalue weighted by molar-refractivity contribution is -0.136. The number of guanidine groups is 1. The Morgan fingerprint density at radius 2 is 0.709 bits per heavy atom. The molecule has 33 N–H and O–H groups in total. The summed E-state index contributed by atoms with van der Waals surface area (Å²) in [7, 11) is 0. The normalized spacial score (nSPS) is 14.4. The van der Waals surface area contributed by atoms with Crippen LogP contribution in [-0.2, 0) is 94.3 Å². The minimum Gasteiger partial charge on any atom is -0.370 e. The summed E-state index contributed by atoms with van der Waals surface area (Å²) < 4.78 is 0. The molecule has 0 aliphatic heterocycles. The fraction of sp³-hybridized carbons (Fsp3) is 0.624. The van der Waals surface area contributed by atoms with Crippen LogP contribution in [0, 0.1) is 29.6 Å². The van der Waals surface area contributed by atoms with Gasteiger partial charge in [-0.3, -0.25) is 86.5 Å². The van der Waals surface area contributed by atoms with Crippen LogP contribution in [0.3, 0.4) is 0 Å². The number of H-pyrrole nitrogens is 1. The average molecular weight is 1790 g/mol. The highest BCUT2D eigenvalue weighted by molar-refractivity contribution is 6.01. The lowest BCUT2D eigenvalue weighted by Gasteiger charge is -2.29.